The number of nitrogens with zero attached hydrogens (tertiary/aromatic N) is 4. The Morgan fingerprint density at radius 1 is 0.971 bits per heavy atom. The van der Waals surface area contributed by atoms with Crippen molar-refractivity contribution in [2.24, 2.45) is 0 Å². The van der Waals surface area contributed by atoms with Crippen LogP contribution in [0, 0.1) is 0 Å². The average Bonchev–Trinajstić information content (AvgIpc) is 3.31. The number of para-hydroxylation sites is 2. The lowest BCUT2D eigenvalue weighted by Crippen LogP contribution is -2.56. The molecule has 0 radical (unpaired) electrons. The number of ether oxygens (including phenoxy) is 2. The molecule has 1 fully saturated rings. The van der Waals surface area contributed by atoms with Gasteiger partial charge in [0.05, 0.1) is 0 Å². The van der Waals surface area contributed by atoms with E-state index in [0.717, 1.165) is 38.3 Å². The Kier molecular flexibility index (Phi) is 6.76. The summed E-state index contributed by atoms with van der Waals surface area (Å²) in [5, 5.41) is 4.10. The zero-order valence-corrected chi connectivity index (χ0v) is 19.4. The van der Waals surface area contributed by atoms with Crippen molar-refractivity contribution >= 4 is 5.91 Å². The topological polar surface area (TPSA) is 80.9 Å². The molecule has 0 aliphatic carbocycles. The quantitative estimate of drug-likeness (QED) is 0.534. The van der Waals surface area contributed by atoms with Gasteiger partial charge < -0.3 is 18.9 Å². The number of hydrogen-bond donors (Lipinski definition) is 0. The van der Waals surface area contributed by atoms with Gasteiger partial charge in [-0.05, 0) is 37.6 Å². The summed E-state index contributed by atoms with van der Waals surface area (Å²) >= 11 is 0. The van der Waals surface area contributed by atoms with Gasteiger partial charge in [-0.25, -0.2) is 0 Å². The van der Waals surface area contributed by atoms with E-state index in [2.05, 4.69) is 27.2 Å². The zero-order chi connectivity index (χ0) is 23.3. The van der Waals surface area contributed by atoms with E-state index in [0.29, 0.717) is 36.9 Å². The smallest absolute Gasteiger partial charge is 0.267 e. The summed E-state index contributed by atoms with van der Waals surface area (Å²) in [6, 6.07) is 17.6. The van der Waals surface area contributed by atoms with Gasteiger partial charge in [-0.3, -0.25) is 9.69 Å². The molecule has 1 amide bonds. The maximum atomic E-state index is 13.1. The lowest BCUT2D eigenvalue weighted by molar-refractivity contribution is -0.146. The molecule has 178 valence electrons. The molecule has 0 N–H and O–H groups in total. The van der Waals surface area contributed by atoms with Crippen LogP contribution < -0.4 is 9.47 Å². The number of fused-ring (bicyclic) bond motifs is 1. The first-order valence-electron chi connectivity index (χ1n) is 11.9. The van der Waals surface area contributed by atoms with E-state index in [1.807, 2.05) is 54.3 Å². The first kappa shape index (κ1) is 22.4. The second-order valence-corrected chi connectivity index (χ2v) is 8.85. The number of carbonyl (C=O) groups excluding carboxylic acids is 1. The van der Waals surface area contributed by atoms with Crippen molar-refractivity contribution in [1.82, 2.24) is 19.9 Å². The predicted octanol–water partition coefficient (Wildman–Crippen LogP) is 2.97. The molecule has 0 bridgehead atoms. The van der Waals surface area contributed by atoms with Gasteiger partial charge in [0.25, 0.3) is 5.91 Å². The van der Waals surface area contributed by atoms with Crippen LogP contribution >= 0.6 is 0 Å². The molecule has 3 aromatic rings. The molecule has 0 saturated carbocycles. The fourth-order valence-corrected chi connectivity index (χ4v) is 4.46. The molecule has 3 heterocycles. The van der Waals surface area contributed by atoms with Gasteiger partial charge in [0, 0.05) is 39.0 Å². The molecule has 2 aliphatic rings. The molecule has 2 aromatic carbocycles. The van der Waals surface area contributed by atoms with Gasteiger partial charge in [0.2, 0.25) is 12.0 Å². The molecule has 8 heteroatoms. The van der Waals surface area contributed by atoms with E-state index in [9.17, 15) is 4.79 Å². The molecule has 2 atom stereocenters. The number of benzene rings is 2. The summed E-state index contributed by atoms with van der Waals surface area (Å²) in [5.41, 5.74) is 1.17. The number of aryl methyl sites for hydroxylation is 1. The monoisotopic (exact) mass is 462 g/mol. The predicted molar refractivity (Wildman–Crippen MR) is 126 cm³/mol. The van der Waals surface area contributed by atoms with Gasteiger partial charge in [0.1, 0.15) is 6.10 Å². The van der Waals surface area contributed by atoms with E-state index in [1.54, 1.807) is 0 Å². The lowest BCUT2D eigenvalue weighted by atomic mass is 10.1. The summed E-state index contributed by atoms with van der Waals surface area (Å²) in [5.74, 6) is 2.73. The van der Waals surface area contributed by atoms with E-state index < -0.39 is 6.10 Å². The third-order valence-corrected chi connectivity index (χ3v) is 6.35. The van der Waals surface area contributed by atoms with Crippen molar-refractivity contribution in [3.8, 4) is 11.5 Å². The minimum Gasteiger partial charge on any atom is -0.482 e. The number of rotatable bonds is 7. The lowest BCUT2D eigenvalue weighted by Gasteiger charge is -2.38. The molecule has 8 nitrogen and oxygen atoms in total. The number of carbonyl (C=O) groups is 1. The molecule has 5 rings (SSSR count). The van der Waals surface area contributed by atoms with Gasteiger partial charge in [0.15, 0.2) is 17.3 Å². The molecule has 1 aromatic heterocycles. The Bertz CT molecular complexity index is 1090. The Labute approximate surface area is 199 Å². The fraction of sp³-hybridized carbons (Fsp3) is 0.423. The van der Waals surface area contributed by atoms with Gasteiger partial charge in [-0.2, -0.15) is 4.98 Å². The van der Waals surface area contributed by atoms with Gasteiger partial charge in [-0.15, -0.1) is 0 Å². The van der Waals surface area contributed by atoms with E-state index in [-0.39, 0.29) is 12.0 Å². The van der Waals surface area contributed by atoms with Gasteiger partial charge >= 0.3 is 0 Å². The molecule has 1 saturated heterocycles. The van der Waals surface area contributed by atoms with E-state index in [4.69, 9.17) is 14.0 Å². The SMILES string of the molecule is CC1Oc2ccccc2OC1C(=O)N1CCN(CCCc2nc(Cc3ccccc3)no2)CC1. The molecule has 2 unspecified atom stereocenters. The Balaban J connectivity index is 1.05. The number of piperazine rings is 1. The summed E-state index contributed by atoms with van der Waals surface area (Å²) in [6.07, 6.45) is 1.45. The Morgan fingerprint density at radius 2 is 1.68 bits per heavy atom. The number of amides is 1. The van der Waals surface area contributed by atoms with Gasteiger partial charge in [-0.1, -0.05) is 47.6 Å². The van der Waals surface area contributed by atoms with Crippen molar-refractivity contribution in [2.75, 3.05) is 32.7 Å². The van der Waals surface area contributed by atoms with Crippen molar-refractivity contribution in [3.05, 3.63) is 71.9 Å². The fourth-order valence-electron chi connectivity index (χ4n) is 4.46. The highest BCUT2D eigenvalue weighted by Crippen LogP contribution is 2.34. The maximum absolute atomic E-state index is 13.1. The minimum absolute atomic E-state index is 0.00143. The van der Waals surface area contributed by atoms with Crippen molar-refractivity contribution in [1.29, 1.82) is 0 Å². The van der Waals surface area contributed by atoms with Crippen LogP contribution in [-0.2, 0) is 17.6 Å². The summed E-state index contributed by atoms with van der Waals surface area (Å²) in [7, 11) is 0. The first-order chi connectivity index (χ1) is 16.7. The standard InChI is InChI=1S/C26H30N4O4/c1-19-25(33-22-11-6-5-10-21(22)32-19)26(31)30-16-14-29(15-17-30)13-7-12-24-27-23(28-34-24)18-20-8-3-2-4-9-20/h2-6,8-11,19,25H,7,12-18H2,1H3. The van der Waals surface area contributed by atoms with Crippen LogP contribution in [0.25, 0.3) is 0 Å². The highest BCUT2D eigenvalue weighted by atomic mass is 16.6. The van der Waals surface area contributed by atoms with E-state index in [1.165, 1.54) is 5.56 Å². The van der Waals surface area contributed by atoms with Crippen LogP contribution in [-0.4, -0.2) is 70.8 Å². The Morgan fingerprint density at radius 3 is 2.44 bits per heavy atom. The second-order valence-electron chi connectivity index (χ2n) is 8.85. The maximum Gasteiger partial charge on any atom is 0.267 e. The molecule has 0 spiro atoms. The van der Waals surface area contributed by atoms with Crippen molar-refractivity contribution in [3.63, 3.8) is 0 Å². The summed E-state index contributed by atoms with van der Waals surface area (Å²) in [6.45, 7) is 5.88. The van der Waals surface area contributed by atoms with Crippen LogP contribution in [0.15, 0.2) is 59.1 Å². The van der Waals surface area contributed by atoms with E-state index >= 15 is 0 Å². The van der Waals surface area contributed by atoms with Crippen LogP contribution in [0.2, 0.25) is 0 Å². The molecular weight excluding hydrogens is 432 g/mol. The number of hydrogen-bond acceptors (Lipinski definition) is 7. The minimum atomic E-state index is -0.607. The largest absolute Gasteiger partial charge is 0.482 e. The van der Waals surface area contributed by atoms with Crippen LogP contribution in [0.3, 0.4) is 0 Å². The third kappa shape index (κ3) is 5.22. The first-order valence-corrected chi connectivity index (χ1v) is 11.9. The highest BCUT2D eigenvalue weighted by molar-refractivity contribution is 5.82. The van der Waals surface area contributed by atoms with Crippen molar-refractivity contribution in [2.45, 2.75) is 38.4 Å². The number of aromatic nitrogens is 2. The summed E-state index contributed by atoms with van der Waals surface area (Å²) in [4.78, 5) is 21.9. The second kappa shape index (κ2) is 10.3. The van der Waals surface area contributed by atoms with Crippen molar-refractivity contribution < 1.29 is 18.8 Å². The molecule has 2 aliphatic heterocycles. The van der Waals surface area contributed by atoms with Crippen LogP contribution in [0.1, 0.15) is 30.6 Å². The molecule has 34 heavy (non-hydrogen) atoms. The highest BCUT2D eigenvalue weighted by Gasteiger charge is 2.37. The zero-order valence-electron chi connectivity index (χ0n) is 19.4. The third-order valence-electron chi connectivity index (χ3n) is 6.35. The molecular formula is C26H30N4O4. The Hall–Kier alpha value is -3.39. The van der Waals surface area contributed by atoms with Crippen LogP contribution in [0.4, 0.5) is 0 Å². The normalized spacial score (nSPS) is 20.3. The summed E-state index contributed by atoms with van der Waals surface area (Å²) < 4.78 is 17.3. The average molecular weight is 463 g/mol. The van der Waals surface area contributed by atoms with Crippen LogP contribution in [0.5, 0.6) is 11.5 Å².